The zero-order valence-electron chi connectivity index (χ0n) is 10.1. The third-order valence-corrected chi connectivity index (χ3v) is 2.77. The highest BCUT2D eigenvalue weighted by molar-refractivity contribution is 9.09. The van der Waals surface area contributed by atoms with Crippen molar-refractivity contribution in [3.05, 3.63) is 24.0 Å². The highest BCUT2D eigenvalue weighted by Crippen LogP contribution is 2.15. The Hall–Kier alpha value is -1.10. The van der Waals surface area contributed by atoms with E-state index in [-0.39, 0.29) is 5.91 Å². The summed E-state index contributed by atoms with van der Waals surface area (Å²) in [7, 11) is 1.53. The maximum absolute atomic E-state index is 11.8. The van der Waals surface area contributed by atoms with Crippen molar-refractivity contribution in [2.75, 3.05) is 13.7 Å². The van der Waals surface area contributed by atoms with Gasteiger partial charge in [0.05, 0.1) is 18.9 Å². The minimum absolute atomic E-state index is 0.119. The quantitative estimate of drug-likeness (QED) is 0.648. The number of carbonyl (C=O) groups excluding carboxylic acids is 1. The fourth-order valence-electron chi connectivity index (χ4n) is 1.41. The van der Waals surface area contributed by atoms with Gasteiger partial charge < -0.3 is 10.1 Å². The molecule has 0 saturated carbocycles. The summed E-state index contributed by atoms with van der Waals surface area (Å²) < 4.78 is 5.08. The van der Waals surface area contributed by atoms with E-state index >= 15 is 0 Å². The summed E-state index contributed by atoms with van der Waals surface area (Å²) in [5.41, 5.74) is 0.523. The van der Waals surface area contributed by atoms with E-state index in [2.05, 4.69) is 33.2 Å². The number of alkyl halides is 1. The normalized spacial score (nSPS) is 11.9. The molecule has 1 rings (SSSR count). The Balaban J connectivity index is 2.47. The minimum Gasteiger partial charge on any atom is -0.494 e. The van der Waals surface area contributed by atoms with Crippen LogP contribution in [-0.2, 0) is 0 Å². The third-order valence-electron chi connectivity index (χ3n) is 2.31. The van der Waals surface area contributed by atoms with E-state index in [1.807, 2.05) is 0 Å². The maximum atomic E-state index is 11.8. The van der Waals surface area contributed by atoms with Gasteiger partial charge in [0.1, 0.15) is 5.75 Å². The first kappa shape index (κ1) is 14.0. The molecule has 1 atom stereocenters. The topological polar surface area (TPSA) is 51.2 Å². The smallest absolute Gasteiger partial charge is 0.255 e. The molecule has 0 aliphatic carbocycles. The molecule has 1 heterocycles. The number of methoxy groups -OCH3 is 1. The number of ether oxygens (including phenoxy) is 1. The van der Waals surface area contributed by atoms with E-state index in [4.69, 9.17) is 4.74 Å². The summed E-state index contributed by atoms with van der Waals surface area (Å²) in [6.45, 7) is 2.76. The lowest BCUT2D eigenvalue weighted by molar-refractivity contribution is 0.0950. The molecule has 0 radical (unpaired) electrons. The van der Waals surface area contributed by atoms with Crippen molar-refractivity contribution in [2.24, 2.45) is 0 Å². The molecule has 0 spiro atoms. The van der Waals surface area contributed by atoms with Crippen LogP contribution in [0.2, 0.25) is 0 Å². The Morgan fingerprint density at radius 1 is 1.65 bits per heavy atom. The molecule has 1 amide bonds. The molecule has 17 heavy (non-hydrogen) atoms. The first-order chi connectivity index (χ1) is 8.15. The van der Waals surface area contributed by atoms with E-state index in [1.54, 1.807) is 12.3 Å². The Bertz CT molecular complexity index is 369. The molecule has 1 aromatic heterocycles. The van der Waals surface area contributed by atoms with E-state index in [9.17, 15) is 4.79 Å². The van der Waals surface area contributed by atoms with Crippen LogP contribution in [0.4, 0.5) is 0 Å². The fourth-order valence-corrected chi connectivity index (χ4v) is 1.73. The number of hydrogen-bond acceptors (Lipinski definition) is 3. The van der Waals surface area contributed by atoms with Crippen LogP contribution < -0.4 is 10.1 Å². The van der Waals surface area contributed by atoms with Crippen molar-refractivity contribution in [3.63, 3.8) is 0 Å². The van der Waals surface area contributed by atoms with E-state index < -0.39 is 0 Å². The number of nitrogens with zero attached hydrogens (tertiary/aromatic N) is 1. The van der Waals surface area contributed by atoms with Crippen molar-refractivity contribution in [3.8, 4) is 5.75 Å². The molecule has 4 nitrogen and oxygen atoms in total. The summed E-state index contributed by atoms with van der Waals surface area (Å²) in [4.78, 5) is 16.2. The summed E-state index contributed by atoms with van der Waals surface area (Å²) in [5, 5.41) is 2.86. The largest absolute Gasteiger partial charge is 0.494 e. The van der Waals surface area contributed by atoms with Crippen LogP contribution in [0.15, 0.2) is 18.5 Å². The van der Waals surface area contributed by atoms with Gasteiger partial charge in [-0.25, -0.2) is 0 Å². The van der Waals surface area contributed by atoms with Gasteiger partial charge in [-0.2, -0.15) is 0 Å². The van der Waals surface area contributed by atoms with Gasteiger partial charge in [0, 0.05) is 17.6 Å². The molecular formula is C12H17BrN2O2. The Morgan fingerprint density at radius 3 is 3.06 bits per heavy atom. The molecule has 1 N–H and O–H groups in total. The summed E-state index contributed by atoms with van der Waals surface area (Å²) >= 11 is 3.47. The SMILES string of the molecule is COc1cnccc1C(=O)NCCCC(C)Br. The van der Waals surface area contributed by atoms with Crippen molar-refractivity contribution >= 4 is 21.8 Å². The lowest BCUT2D eigenvalue weighted by atomic mass is 10.2. The van der Waals surface area contributed by atoms with Crippen LogP contribution in [0.5, 0.6) is 5.75 Å². The standard InChI is InChI=1S/C12H17BrN2O2/c1-9(13)4-3-6-15-12(16)10-5-7-14-8-11(10)17-2/h5,7-9H,3-4,6H2,1-2H3,(H,15,16). The van der Waals surface area contributed by atoms with Gasteiger partial charge in [-0.3, -0.25) is 9.78 Å². The lowest BCUT2D eigenvalue weighted by Gasteiger charge is -2.08. The molecule has 1 aromatic rings. The van der Waals surface area contributed by atoms with Crippen molar-refractivity contribution < 1.29 is 9.53 Å². The van der Waals surface area contributed by atoms with Crippen LogP contribution in [0.3, 0.4) is 0 Å². The number of pyridine rings is 1. The first-order valence-corrected chi connectivity index (χ1v) is 6.47. The van der Waals surface area contributed by atoms with Gasteiger partial charge in [0.25, 0.3) is 5.91 Å². The van der Waals surface area contributed by atoms with Gasteiger partial charge in [0.2, 0.25) is 0 Å². The fraction of sp³-hybridized carbons (Fsp3) is 0.500. The van der Waals surface area contributed by atoms with Crippen LogP contribution >= 0.6 is 15.9 Å². The minimum atomic E-state index is -0.119. The molecule has 0 saturated heterocycles. The van der Waals surface area contributed by atoms with Gasteiger partial charge in [-0.05, 0) is 18.9 Å². The second kappa shape index (κ2) is 7.27. The second-order valence-corrected chi connectivity index (χ2v) is 5.32. The Morgan fingerprint density at radius 2 is 2.41 bits per heavy atom. The van der Waals surface area contributed by atoms with E-state index in [0.29, 0.717) is 22.7 Å². The first-order valence-electron chi connectivity index (χ1n) is 5.55. The molecule has 94 valence electrons. The van der Waals surface area contributed by atoms with Gasteiger partial charge >= 0.3 is 0 Å². The van der Waals surface area contributed by atoms with Crippen molar-refractivity contribution in [1.29, 1.82) is 0 Å². The monoisotopic (exact) mass is 300 g/mol. The van der Waals surface area contributed by atoms with Gasteiger partial charge in [0.15, 0.2) is 0 Å². The van der Waals surface area contributed by atoms with Crippen LogP contribution in [0.1, 0.15) is 30.1 Å². The average molecular weight is 301 g/mol. The zero-order valence-corrected chi connectivity index (χ0v) is 11.7. The maximum Gasteiger partial charge on any atom is 0.255 e. The van der Waals surface area contributed by atoms with E-state index in [0.717, 1.165) is 12.8 Å². The second-order valence-electron chi connectivity index (χ2n) is 3.75. The van der Waals surface area contributed by atoms with Gasteiger partial charge in [-0.15, -0.1) is 0 Å². The zero-order chi connectivity index (χ0) is 12.7. The molecule has 0 aromatic carbocycles. The predicted molar refractivity (Wildman–Crippen MR) is 70.7 cm³/mol. The number of aromatic nitrogens is 1. The summed E-state index contributed by atoms with van der Waals surface area (Å²) in [6, 6.07) is 1.65. The number of carbonyl (C=O) groups is 1. The molecule has 0 aliphatic rings. The number of rotatable bonds is 6. The van der Waals surface area contributed by atoms with Crippen LogP contribution in [0, 0.1) is 0 Å². The summed E-state index contributed by atoms with van der Waals surface area (Å²) in [6.07, 6.45) is 5.10. The lowest BCUT2D eigenvalue weighted by Crippen LogP contribution is -2.25. The number of hydrogen-bond donors (Lipinski definition) is 1. The van der Waals surface area contributed by atoms with Gasteiger partial charge in [-0.1, -0.05) is 22.9 Å². The molecule has 1 unspecified atom stereocenters. The summed E-state index contributed by atoms with van der Waals surface area (Å²) in [5.74, 6) is 0.380. The molecule has 0 bridgehead atoms. The molecule has 5 heteroatoms. The Labute approximate surface area is 110 Å². The number of amides is 1. The van der Waals surface area contributed by atoms with Crippen molar-refractivity contribution in [2.45, 2.75) is 24.6 Å². The molecule has 0 aliphatic heterocycles. The Kier molecular flexibility index (Phi) is 5.97. The van der Waals surface area contributed by atoms with Crippen molar-refractivity contribution in [1.82, 2.24) is 10.3 Å². The number of halogens is 1. The highest BCUT2D eigenvalue weighted by Gasteiger charge is 2.10. The molecule has 0 fully saturated rings. The van der Waals surface area contributed by atoms with Crippen LogP contribution in [0.25, 0.3) is 0 Å². The predicted octanol–water partition coefficient (Wildman–Crippen LogP) is 2.38. The molecular weight excluding hydrogens is 284 g/mol. The van der Waals surface area contributed by atoms with Crippen LogP contribution in [-0.4, -0.2) is 29.4 Å². The third kappa shape index (κ3) is 4.73. The van der Waals surface area contributed by atoms with E-state index in [1.165, 1.54) is 13.3 Å². The highest BCUT2D eigenvalue weighted by atomic mass is 79.9. The number of nitrogens with one attached hydrogen (secondary N) is 1. The average Bonchev–Trinajstić information content (AvgIpc) is 2.34.